The Bertz CT molecular complexity index is 524. The van der Waals surface area contributed by atoms with E-state index in [-0.39, 0.29) is 11.9 Å². The van der Waals surface area contributed by atoms with Gasteiger partial charge in [-0.25, -0.2) is 4.39 Å². The van der Waals surface area contributed by atoms with Crippen LogP contribution in [-0.4, -0.2) is 13.6 Å². The van der Waals surface area contributed by atoms with Crippen molar-refractivity contribution in [2.45, 2.75) is 13.0 Å². The third-order valence-corrected chi connectivity index (χ3v) is 4.10. The largest absolute Gasteiger partial charge is 0.365 e. The lowest BCUT2D eigenvalue weighted by molar-refractivity contribution is 0.624. The van der Waals surface area contributed by atoms with Gasteiger partial charge in [-0.15, -0.1) is 11.3 Å². The van der Waals surface area contributed by atoms with E-state index >= 15 is 0 Å². The highest BCUT2D eigenvalue weighted by Gasteiger charge is 2.17. The van der Waals surface area contributed by atoms with E-state index in [0.717, 1.165) is 5.69 Å². The number of likely N-dealkylation sites (N-methyl/N-ethyl adjacent to an activating group) is 1. The fourth-order valence-corrected chi connectivity index (χ4v) is 3.01. The molecule has 1 aromatic carbocycles. The van der Waals surface area contributed by atoms with Crippen LogP contribution >= 0.6 is 11.3 Å². The molecule has 0 saturated heterocycles. The third-order valence-electron chi connectivity index (χ3n) is 3.00. The van der Waals surface area contributed by atoms with Crippen LogP contribution in [0.1, 0.15) is 15.8 Å². The Kier molecular flexibility index (Phi) is 3.99. The lowest BCUT2D eigenvalue weighted by atomic mass is 10.2. The van der Waals surface area contributed by atoms with Crippen molar-refractivity contribution in [1.29, 1.82) is 0 Å². The number of halogens is 1. The van der Waals surface area contributed by atoms with E-state index in [1.54, 1.807) is 17.4 Å². The highest BCUT2D eigenvalue weighted by Crippen LogP contribution is 2.29. The summed E-state index contributed by atoms with van der Waals surface area (Å²) >= 11 is 1.73. The van der Waals surface area contributed by atoms with Crippen LogP contribution in [-0.2, 0) is 0 Å². The molecule has 0 aliphatic heterocycles. The van der Waals surface area contributed by atoms with Crippen molar-refractivity contribution >= 4 is 17.0 Å². The molecule has 0 aliphatic rings. The summed E-state index contributed by atoms with van der Waals surface area (Å²) in [5.41, 5.74) is 6.71. The smallest absolute Gasteiger partial charge is 0.125 e. The van der Waals surface area contributed by atoms with Gasteiger partial charge in [0.2, 0.25) is 0 Å². The molecule has 1 heterocycles. The van der Waals surface area contributed by atoms with E-state index in [9.17, 15) is 4.39 Å². The molecule has 1 atom stereocenters. The Labute approximate surface area is 111 Å². The molecule has 0 radical (unpaired) electrons. The molecule has 1 unspecified atom stereocenters. The molecule has 0 spiro atoms. The van der Waals surface area contributed by atoms with Crippen LogP contribution in [0.4, 0.5) is 10.1 Å². The van der Waals surface area contributed by atoms with E-state index in [1.807, 2.05) is 18.0 Å². The Morgan fingerprint density at radius 3 is 2.67 bits per heavy atom. The summed E-state index contributed by atoms with van der Waals surface area (Å²) in [7, 11) is 1.95. The first kappa shape index (κ1) is 13.1. The fourth-order valence-electron chi connectivity index (χ4n) is 1.97. The summed E-state index contributed by atoms with van der Waals surface area (Å²) in [6.07, 6.45) is 0. The molecule has 2 aromatic rings. The monoisotopic (exact) mass is 264 g/mol. The minimum Gasteiger partial charge on any atom is -0.365 e. The second-order valence-corrected chi connectivity index (χ2v) is 5.61. The first-order chi connectivity index (χ1) is 8.61. The molecular weight excluding hydrogens is 247 g/mol. The summed E-state index contributed by atoms with van der Waals surface area (Å²) in [6.45, 7) is 2.58. The second kappa shape index (κ2) is 5.50. The molecule has 2 N–H and O–H groups in total. The van der Waals surface area contributed by atoms with Gasteiger partial charge < -0.3 is 10.6 Å². The van der Waals surface area contributed by atoms with Crippen molar-refractivity contribution in [3.63, 3.8) is 0 Å². The molecule has 4 heteroatoms. The topological polar surface area (TPSA) is 29.3 Å². The first-order valence-electron chi connectivity index (χ1n) is 5.86. The molecule has 18 heavy (non-hydrogen) atoms. The Balaban J connectivity index is 2.28. The molecule has 0 fully saturated rings. The molecule has 2 rings (SSSR count). The van der Waals surface area contributed by atoms with Crippen LogP contribution in [0, 0.1) is 12.7 Å². The SMILES string of the molecule is Cc1ccc(C(CN)N(C)c2cccc(F)c2)s1. The number of hydrogen-bond donors (Lipinski definition) is 1. The molecule has 1 aromatic heterocycles. The van der Waals surface area contributed by atoms with Crippen LogP contribution in [0.5, 0.6) is 0 Å². The minimum absolute atomic E-state index is 0.0884. The lowest BCUT2D eigenvalue weighted by Gasteiger charge is -2.28. The van der Waals surface area contributed by atoms with Crippen molar-refractivity contribution < 1.29 is 4.39 Å². The molecule has 96 valence electrons. The van der Waals surface area contributed by atoms with Crippen LogP contribution in [0.25, 0.3) is 0 Å². The van der Waals surface area contributed by atoms with Gasteiger partial charge >= 0.3 is 0 Å². The zero-order chi connectivity index (χ0) is 13.1. The first-order valence-corrected chi connectivity index (χ1v) is 6.68. The number of hydrogen-bond acceptors (Lipinski definition) is 3. The zero-order valence-electron chi connectivity index (χ0n) is 10.6. The van der Waals surface area contributed by atoms with Gasteiger partial charge in [-0.05, 0) is 37.3 Å². The average molecular weight is 264 g/mol. The number of nitrogens with zero attached hydrogens (tertiary/aromatic N) is 1. The number of thiophene rings is 1. The fraction of sp³-hybridized carbons (Fsp3) is 0.286. The van der Waals surface area contributed by atoms with Crippen LogP contribution in [0.15, 0.2) is 36.4 Å². The van der Waals surface area contributed by atoms with Gasteiger partial charge in [0.05, 0.1) is 6.04 Å². The van der Waals surface area contributed by atoms with E-state index in [1.165, 1.54) is 21.9 Å². The summed E-state index contributed by atoms with van der Waals surface area (Å²) in [6, 6.07) is 10.9. The maximum absolute atomic E-state index is 13.2. The quantitative estimate of drug-likeness (QED) is 0.917. The Morgan fingerprint density at radius 1 is 1.33 bits per heavy atom. The number of rotatable bonds is 4. The van der Waals surface area contributed by atoms with E-state index < -0.39 is 0 Å². The van der Waals surface area contributed by atoms with Gasteiger partial charge in [0.25, 0.3) is 0 Å². The maximum atomic E-state index is 13.2. The molecule has 0 amide bonds. The van der Waals surface area contributed by atoms with Crippen molar-refractivity contribution in [1.82, 2.24) is 0 Å². The van der Waals surface area contributed by atoms with Gasteiger partial charge in [-0.3, -0.25) is 0 Å². The van der Waals surface area contributed by atoms with Crippen molar-refractivity contribution in [3.05, 3.63) is 52.0 Å². The van der Waals surface area contributed by atoms with Gasteiger partial charge in [-0.2, -0.15) is 0 Å². The third kappa shape index (κ3) is 2.71. The van der Waals surface area contributed by atoms with Crippen LogP contribution in [0.2, 0.25) is 0 Å². The predicted octanol–water partition coefficient (Wildman–Crippen LogP) is 3.33. The summed E-state index contributed by atoms with van der Waals surface area (Å²) in [5.74, 6) is -0.225. The van der Waals surface area contributed by atoms with Gasteiger partial charge in [0.15, 0.2) is 0 Å². The Hall–Kier alpha value is -1.39. The Morgan fingerprint density at radius 2 is 2.11 bits per heavy atom. The summed E-state index contributed by atoms with van der Waals surface area (Å²) in [5, 5.41) is 0. The standard InChI is InChI=1S/C14H17FN2S/c1-10-6-7-14(18-10)13(9-16)17(2)12-5-3-4-11(15)8-12/h3-8,13H,9,16H2,1-2H3. The number of benzene rings is 1. The molecule has 0 aliphatic carbocycles. The van der Waals surface area contributed by atoms with Crippen LogP contribution in [0.3, 0.4) is 0 Å². The summed E-state index contributed by atoms with van der Waals surface area (Å²) in [4.78, 5) is 4.49. The van der Waals surface area contributed by atoms with E-state index in [4.69, 9.17) is 5.73 Å². The molecule has 0 saturated carbocycles. The lowest BCUT2D eigenvalue weighted by Crippen LogP contribution is -2.29. The molecule has 0 bridgehead atoms. The number of aryl methyl sites for hydroxylation is 1. The normalized spacial score (nSPS) is 12.4. The van der Waals surface area contributed by atoms with E-state index in [0.29, 0.717) is 6.54 Å². The molecular formula is C14H17FN2S. The highest BCUT2D eigenvalue weighted by molar-refractivity contribution is 7.12. The zero-order valence-corrected chi connectivity index (χ0v) is 11.4. The average Bonchev–Trinajstić information content (AvgIpc) is 2.76. The van der Waals surface area contributed by atoms with Crippen molar-refractivity contribution in [3.8, 4) is 0 Å². The van der Waals surface area contributed by atoms with Gasteiger partial charge in [0, 0.05) is 29.0 Å². The van der Waals surface area contributed by atoms with Crippen LogP contribution < -0.4 is 10.6 Å². The van der Waals surface area contributed by atoms with E-state index in [2.05, 4.69) is 19.1 Å². The van der Waals surface area contributed by atoms with Crippen molar-refractivity contribution in [2.75, 3.05) is 18.5 Å². The second-order valence-electron chi connectivity index (χ2n) is 4.29. The highest BCUT2D eigenvalue weighted by atomic mass is 32.1. The number of anilines is 1. The molecule has 2 nitrogen and oxygen atoms in total. The van der Waals surface area contributed by atoms with Gasteiger partial charge in [0.1, 0.15) is 5.82 Å². The van der Waals surface area contributed by atoms with Gasteiger partial charge in [-0.1, -0.05) is 6.07 Å². The van der Waals surface area contributed by atoms with Crippen molar-refractivity contribution in [2.24, 2.45) is 5.73 Å². The minimum atomic E-state index is -0.225. The number of nitrogens with two attached hydrogens (primary N) is 1. The predicted molar refractivity (Wildman–Crippen MR) is 75.7 cm³/mol. The maximum Gasteiger partial charge on any atom is 0.125 e. The summed E-state index contributed by atoms with van der Waals surface area (Å²) < 4.78 is 13.2.